The van der Waals surface area contributed by atoms with E-state index in [0.717, 1.165) is 11.3 Å². The number of aromatic nitrogens is 3. The van der Waals surface area contributed by atoms with Gasteiger partial charge in [0, 0.05) is 18.7 Å². The number of anilines is 1. The number of ether oxygens (including phenoxy) is 1. The van der Waals surface area contributed by atoms with Gasteiger partial charge in [0.1, 0.15) is 17.4 Å². The fraction of sp³-hybridized carbons (Fsp3) is 0.320. The molecule has 0 spiro atoms. The zero-order chi connectivity index (χ0) is 22.7. The number of nitrogens with zero attached hydrogens (tertiary/aromatic N) is 5. The van der Waals surface area contributed by atoms with E-state index in [-0.39, 0.29) is 16.7 Å². The van der Waals surface area contributed by atoms with Gasteiger partial charge in [-0.15, -0.1) is 10.2 Å². The van der Waals surface area contributed by atoms with Crippen LogP contribution >= 0.6 is 0 Å². The molecule has 7 heteroatoms. The molecule has 1 aliphatic rings. The highest BCUT2D eigenvalue weighted by Crippen LogP contribution is 2.30. The average molecular weight is 430 g/mol. The first-order chi connectivity index (χ1) is 15.4. The summed E-state index contributed by atoms with van der Waals surface area (Å²) < 4.78 is 7.29. The van der Waals surface area contributed by atoms with Gasteiger partial charge in [-0.2, -0.15) is 5.26 Å². The van der Waals surface area contributed by atoms with Crippen LogP contribution in [0.15, 0.2) is 54.6 Å². The van der Waals surface area contributed by atoms with Gasteiger partial charge in [0.15, 0.2) is 5.82 Å². The van der Waals surface area contributed by atoms with E-state index in [4.69, 9.17) is 4.74 Å². The molecule has 7 nitrogen and oxygen atoms in total. The molecule has 0 saturated carbocycles. The predicted octanol–water partition coefficient (Wildman–Crippen LogP) is 4.35. The van der Waals surface area contributed by atoms with Crippen molar-refractivity contribution in [1.29, 1.82) is 5.26 Å². The van der Waals surface area contributed by atoms with E-state index in [9.17, 15) is 10.4 Å². The first kappa shape index (κ1) is 21.6. The summed E-state index contributed by atoms with van der Waals surface area (Å²) in [5, 5.41) is 29.8. The molecule has 1 fully saturated rings. The van der Waals surface area contributed by atoms with Gasteiger partial charge in [0.05, 0.1) is 18.9 Å². The Labute approximate surface area is 188 Å². The third-order valence-corrected chi connectivity index (χ3v) is 5.55. The summed E-state index contributed by atoms with van der Waals surface area (Å²) in [6.45, 7) is 8.95. The van der Waals surface area contributed by atoms with Crippen LogP contribution in [0, 0.1) is 11.3 Å². The second-order valence-corrected chi connectivity index (χ2v) is 8.76. The third kappa shape index (κ3) is 4.23. The molecular weight excluding hydrogens is 402 g/mol. The molecule has 0 bridgehead atoms. The lowest BCUT2D eigenvalue weighted by Gasteiger charge is -2.28. The Balaban J connectivity index is 1.83. The van der Waals surface area contributed by atoms with Crippen molar-refractivity contribution < 1.29 is 9.84 Å². The Morgan fingerprint density at radius 2 is 1.66 bits per heavy atom. The number of rotatable bonds is 4. The van der Waals surface area contributed by atoms with Gasteiger partial charge in [-0.25, -0.2) is 0 Å². The molecule has 1 aliphatic heterocycles. The molecule has 1 saturated heterocycles. The molecule has 1 aromatic heterocycles. The Hall–Kier alpha value is -3.63. The second kappa shape index (κ2) is 8.85. The number of nitriles is 1. The van der Waals surface area contributed by atoms with Crippen molar-refractivity contribution in [2.45, 2.75) is 26.2 Å². The highest BCUT2D eigenvalue weighted by Gasteiger charge is 2.25. The van der Waals surface area contributed by atoms with Crippen LogP contribution in [0.4, 0.5) is 5.95 Å². The number of hydrogen-bond acceptors (Lipinski definition) is 6. The molecule has 164 valence electrons. The molecule has 32 heavy (non-hydrogen) atoms. The van der Waals surface area contributed by atoms with Crippen LogP contribution in [0.2, 0.25) is 0 Å². The summed E-state index contributed by atoms with van der Waals surface area (Å²) in [5.41, 5.74) is 2.60. The summed E-state index contributed by atoms with van der Waals surface area (Å²) in [7, 11) is 0. The van der Waals surface area contributed by atoms with Gasteiger partial charge in [-0.1, -0.05) is 63.2 Å². The van der Waals surface area contributed by atoms with Gasteiger partial charge in [0.2, 0.25) is 5.95 Å². The zero-order valence-electron chi connectivity index (χ0n) is 18.6. The smallest absolute Gasteiger partial charge is 0.232 e. The van der Waals surface area contributed by atoms with Gasteiger partial charge in [-0.3, -0.25) is 4.57 Å². The summed E-state index contributed by atoms with van der Waals surface area (Å²) in [5.74, 6) is 0.807. The molecule has 2 aromatic carbocycles. The lowest BCUT2D eigenvalue weighted by atomic mass is 9.86. The summed E-state index contributed by atoms with van der Waals surface area (Å²) >= 11 is 0. The Morgan fingerprint density at radius 1 is 1.00 bits per heavy atom. The maximum absolute atomic E-state index is 11.1. The number of morpholine rings is 1. The van der Waals surface area contributed by atoms with Gasteiger partial charge in [-0.05, 0) is 23.1 Å². The van der Waals surface area contributed by atoms with Crippen LogP contribution in [0.5, 0.6) is 0 Å². The summed E-state index contributed by atoms with van der Waals surface area (Å²) in [4.78, 5) is 2.08. The lowest BCUT2D eigenvalue weighted by Crippen LogP contribution is -2.38. The van der Waals surface area contributed by atoms with Crippen LogP contribution < -0.4 is 4.90 Å². The van der Waals surface area contributed by atoms with Crippen molar-refractivity contribution >= 4 is 17.3 Å². The average Bonchev–Trinajstić information content (AvgIpc) is 3.25. The molecular formula is C25H27N5O2. The highest BCUT2D eigenvalue weighted by molar-refractivity contribution is 5.92. The number of benzene rings is 2. The minimum atomic E-state index is -0.119. The molecule has 2 heterocycles. The first-order valence-corrected chi connectivity index (χ1v) is 10.7. The molecule has 0 radical (unpaired) electrons. The second-order valence-electron chi connectivity index (χ2n) is 8.76. The van der Waals surface area contributed by atoms with Gasteiger partial charge in [0.25, 0.3) is 0 Å². The van der Waals surface area contributed by atoms with E-state index in [1.807, 2.05) is 59.2 Å². The molecule has 1 N–H and O–H groups in total. The van der Waals surface area contributed by atoms with Crippen molar-refractivity contribution in [3.63, 3.8) is 0 Å². The maximum atomic E-state index is 11.1. The number of aliphatic hydroxyl groups excluding tert-OH is 1. The van der Waals surface area contributed by atoms with Crippen LogP contribution in [-0.4, -0.2) is 46.2 Å². The minimum absolute atomic E-state index is 0.00351. The summed E-state index contributed by atoms with van der Waals surface area (Å²) in [6, 6.07) is 19.4. The van der Waals surface area contributed by atoms with Crippen molar-refractivity contribution in [2.75, 3.05) is 31.2 Å². The van der Waals surface area contributed by atoms with Crippen molar-refractivity contribution in [2.24, 2.45) is 0 Å². The zero-order valence-corrected chi connectivity index (χ0v) is 18.6. The fourth-order valence-corrected chi connectivity index (χ4v) is 3.70. The van der Waals surface area contributed by atoms with E-state index in [1.165, 1.54) is 0 Å². The Kier molecular flexibility index (Phi) is 5.97. The minimum Gasteiger partial charge on any atom is -0.506 e. The van der Waals surface area contributed by atoms with Crippen LogP contribution in [0.1, 0.15) is 37.7 Å². The monoisotopic (exact) mass is 429 g/mol. The molecule has 0 aliphatic carbocycles. The molecule has 3 aromatic rings. The van der Waals surface area contributed by atoms with E-state index in [2.05, 4.69) is 41.9 Å². The van der Waals surface area contributed by atoms with E-state index >= 15 is 0 Å². The highest BCUT2D eigenvalue weighted by atomic mass is 16.5. The normalized spacial score (nSPS) is 15.2. The standard InChI is InChI=1S/C25H27N5O2/c1-25(2,3)19-11-9-18(10-12-19)22(31)21(17-26)23-27-28-24(29-13-15-32-16-14-29)30(23)20-7-5-4-6-8-20/h4-12,31H,13-16H2,1-3H3/b22-21-. The number of hydrogen-bond donors (Lipinski definition) is 1. The van der Waals surface area contributed by atoms with Gasteiger partial charge < -0.3 is 14.7 Å². The van der Waals surface area contributed by atoms with E-state index in [0.29, 0.717) is 43.6 Å². The quantitative estimate of drug-likeness (QED) is 0.490. The maximum Gasteiger partial charge on any atom is 0.232 e. The topological polar surface area (TPSA) is 87.2 Å². The van der Waals surface area contributed by atoms with Gasteiger partial charge >= 0.3 is 0 Å². The Morgan fingerprint density at radius 3 is 2.25 bits per heavy atom. The van der Waals surface area contributed by atoms with Crippen LogP contribution in [0.25, 0.3) is 17.0 Å². The third-order valence-electron chi connectivity index (χ3n) is 5.55. The van der Waals surface area contributed by atoms with Crippen LogP contribution in [0.3, 0.4) is 0 Å². The predicted molar refractivity (Wildman–Crippen MR) is 125 cm³/mol. The first-order valence-electron chi connectivity index (χ1n) is 10.7. The number of para-hydroxylation sites is 1. The van der Waals surface area contributed by atoms with Crippen molar-refractivity contribution in [1.82, 2.24) is 14.8 Å². The summed E-state index contributed by atoms with van der Waals surface area (Å²) in [6.07, 6.45) is 0. The number of allylic oxidation sites excluding steroid dienone is 1. The van der Waals surface area contributed by atoms with E-state index < -0.39 is 0 Å². The van der Waals surface area contributed by atoms with Crippen molar-refractivity contribution in [3.8, 4) is 11.8 Å². The molecule has 0 unspecified atom stereocenters. The van der Waals surface area contributed by atoms with E-state index in [1.54, 1.807) is 0 Å². The largest absolute Gasteiger partial charge is 0.506 e. The SMILES string of the molecule is CC(C)(C)c1ccc(/C(O)=C(\C#N)c2nnc(N3CCOCC3)n2-c2ccccc2)cc1. The van der Waals surface area contributed by atoms with Crippen LogP contribution in [-0.2, 0) is 10.2 Å². The molecule has 0 amide bonds. The van der Waals surface area contributed by atoms with Crippen molar-refractivity contribution in [3.05, 3.63) is 71.5 Å². The Bertz CT molecular complexity index is 1150. The molecule has 4 rings (SSSR count). The lowest BCUT2D eigenvalue weighted by molar-refractivity contribution is 0.122. The molecule has 0 atom stereocenters. The fourth-order valence-electron chi connectivity index (χ4n) is 3.70. The number of aliphatic hydroxyl groups is 1.